The van der Waals surface area contributed by atoms with Gasteiger partial charge in [-0.2, -0.15) is 0 Å². The molecule has 2 atom stereocenters. The highest BCUT2D eigenvalue weighted by Gasteiger charge is 2.20. The largest absolute Gasteiger partial charge is 0.235 e. The van der Waals surface area contributed by atoms with Gasteiger partial charge in [0, 0.05) is 12.1 Å². The van der Waals surface area contributed by atoms with Gasteiger partial charge in [0.25, 0.3) is 0 Å². The van der Waals surface area contributed by atoms with Gasteiger partial charge in [-0.25, -0.2) is 5.32 Å². The molecule has 0 N–H and O–H groups in total. The number of hydrogen-bond acceptors (Lipinski definition) is 0. The normalized spacial score (nSPS) is 16.0. The Morgan fingerprint density at radius 2 is 0.933 bits per heavy atom. The van der Waals surface area contributed by atoms with Gasteiger partial charge in [0.1, 0.15) is 0 Å². The Bertz CT molecular complexity index is 120. The molecule has 0 saturated carbocycles. The van der Waals surface area contributed by atoms with Crippen molar-refractivity contribution in [2.45, 2.75) is 79.3 Å². The van der Waals surface area contributed by atoms with E-state index >= 15 is 0 Å². The fourth-order valence-corrected chi connectivity index (χ4v) is 2.56. The summed E-state index contributed by atoms with van der Waals surface area (Å²) in [6.07, 6.45) is 5.04. The molecule has 0 aromatic carbocycles. The van der Waals surface area contributed by atoms with Gasteiger partial charge in [0.05, 0.1) is 0 Å². The molecule has 0 aromatic heterocycles. The van der Waals surface area contributed by atoms with Crippen molar-refractivity contribution >= 4 is 0 Å². The van der Waals surface area contributed by atoms with Crippen molar-refractivity contribution in [1.29, 1.82) is 0 Å². The van der Waals surface area contributed by atoms with Crippen LogP contribution >= 0.6 is 0 Å². The minimum absolute atomic E-state index is 0.538. The molecule has 91 valence electrons. The van der Waals surface area contributed by atoms with Crippen molar-refractivity contribution in [3.8, 4) is 0 Å². The Balaban J connectivity index is 4.08. The molecule has 0 bridgehead atoms. The molecule has 0 heterocycles. The lowest BCUT2D eigenvalue weighted by molar-refractivity contribution is 0.266. The monoisotopic (exact) mass is 212 g/mol. The van der Waals surface area contributed by atoms with E-state index in [0.717, 1.165) is 11.8 Å². The zero-order valence-electron chi connectivity index (χ0n) is 11.6. The molecule has 2 unspecified atom stereocenters. The van der Waals surface area contributed by atoms with E-state index in [1.807, 2.05) is 0 Å². The summed E-state index contributed by atoms with van der Waals surface area (Å²) in [7, 11) is 0. The van der Waals surface area contributed by atoms with Gasteiger partial charge in [0.2, 0.25) is 0 Å². The summed E-state index contributed by atoms with van der Waals surface area (Å²) < 4.78 is 0. The van der Waals surface area contributed by atoms with E-state index in [4.69, 9.17) is 5.32 Å². The third kappa shape index (κ3) is 5.01. The van der Waals surface area contributed by atoms with Crippen molar-refractivity contribution in [2.75, 3.05) is 0 Å². The van der Waals surface area contributed by atoms with Crippen molar-refractivity contribution in [3.05, 3.63) is 0 Å². The van der Waals surface area contributed by atoms with Crippen molar-refractivity contribution in [3.63, 3.8) is 0 Å². The molecule has 1 heteroatoms. The van der Waals surface area contributed by atoms with Crippen LogP contribution in [-0.4, -0.2) is 12.1 Å². The lowest BCUT2D eigenvalue weighted by Crippen LogP contribution is -2.37. The second-order valence-electron chi connectivity index (χ2n) is 4.78. The third-order valence-electron chi connectivity index (χ3n) is 3.93. The van der Waals surface area contributed by atoms with Gasteiger partial charge in [-0.15, -0.1) is 0 Å². The summed E-state index contributed by atoms with van der Waals surface area (Å²) in [6, 6.07) is 1.08. The van der Waals surface area contributed by atoms with Crippen molar-refractivity contribution in [2.24, 2.45) is 11.8 Å². The molecule has 0 saturated heterocycles. The first-order valence-corrected chi connectivity index (χ1v) is 6.80. The second kappa shape index (κ2) is 8.15. The first kappa shape index (κ1) is 15.0. The van der Waals surface area contributed by atoms with E-state index in [-0.39, 0.29) is 0 Å². The second-order valence-corrected chi connectivity index (χ2v) is 4.78. The Morgan fingerprint density at radius 3 is 1.13 bits per heavy atom. The molecule has 0 rings (SSSR count). The first-order chi connectivity index (χ1) is 7.10. The smallest absolute Gasteiger partial charge is 0.0249 e. The molecule has 0 fully saturated rings. The highest BCUT2D eigenvalue weighted by atomic mass is 14.9. The van der Waals surface area contributed by atoms with Gasteiger partial charge in [-0.3, -0.25) is 0 Å². The van der Waals surface area contributed by atoms with Crippen LogP contribution in [0.3, 0.4) is 0 Å². The molecule has 0 spiro atoms. The lowest BCUT2D eigenvalue weighted by atomic mass is 9.91. The number of hydrogen-bond donors (Lipinski definition) is 0. The van der Waals surface area contributed by atoms with E-state index in [9.17, 15) is 0 Å². The summed E-state index contributed by atoms with van der Waals surface area (Å²) in [6.45, 7) is 13.7. The Kier molecular flexibility index (Phi) is 8.13. The van der Waals surface area contributed by atoms with Gasteiger partial charge in [-0.05, 0) is 25.7 Å². The molecule has 1 nitrogen and oxygen atoms in total. The zero-order valence-corrected chi connectivity index (χ0v) is 11.6. The maximum absolute atomic E-state index is 4.96. The Hall–Kier alpha value is -0.0400. The summed E-state index contributed by atoms with van der Waals surface area (Å²) in [5.74, 6) is 1.56. The Labute approximate surface area is 97.0 Å². The van der Waals surface area contributed by atoms with Crippen LogP contribution in [0.2, 0.25) is 0 Å². The third-order valence-corrected chi connectivity index (χ3v) is 3.93. The van der Waals surface area contributed by atoms with Crippen LogP contribution < -0.4 is 5.32 Å². The fraction of sp³-hybridized carbons (Fsp3) is 1.00. The Morgan fingerprint density at radius 1 is 0.667 bits per heavy atom. The topological polar surface area (TPSA) is 14.1 Å². The fourth-order valence-electron chi connectivity index (χ4n) is 2.56. The highest BCUT2D eigenvalue weighted by molar-refractivity contribution is 4.77. The van der Waals surface area contributed by atoms with Crippen LogP contribution in [0.25, 0.3) is 0 Å². The zero-order chi connectivity index (χ0) is 11.8. The van der Waals surface area contributed by atoms with Gasteiger partial charge < -0.3 is 0 Å². The average Bonchev–Trinajstić information content (AvgIpc) is 2.21. The molecular weight excluding hydrogens is 182 g/mol. The summed E-state index contributed by atoms with van der Waals surface area (Å²) in [5.41, 5.74) is 0. The lowest BCUT2D eigenvalue weighted by Gasteiger charge is -2.28. The SMILES string of the molecule is CCC(CC)C(C)[N]C(C)C(CC)CC. The summed E-state index contributed by atoms with van der Waals surface area (Å²) in [4.78, 5) is 0. The van der Waals surface area contributed by atoms with E-state index in [2.05, 4.69) is 41.5 Å². The maximum Gasteiger partial charge on any atom is 0.0249 e. The van der Waals surface area contributed by atoms with E-state index in [0.29, 0.717) is 12.1 Å². The maximum atomic E-state index is 4.96. The van der Waals surface area contributed by atoms with Crippen LogP contribution in [-0.2, 0) is 0 Å². The summed E-state index contributed by atoms with van der Waals surface area (Å²) in [5, 5.41) is 4.96. The van der Waals surface area contributed by atoms with Crippen LogP contribution in [0, 0.1) is 11.8 Å². The standard InChI is InChI=1S/C14H30N/c1-7-13(8-2)11(5)15-12(6)14(9-3)10-4/h11-14H,7-10H2,1-6H3. The van der Waals surface area contributed by atoms with Crippen molar-refractivity contribution < 1.29 is 0 Å². The van der Waals surface area contributed by atoms with E-state index in [1.165, 1.54) is 25.7 Å². The van der Waals surface area contributed by atoms with Gasteiger partial charge in [0.15, 0.2) is 0 Å². The highest BCUT2D eigenvalue weighted by Crippen LogP contribution is 2.19. The first-order valence-electron chi connectivity index (χ1n) is 6.80. The molecule has 0 aromatic rings. The molecule has 0 amide bonds. The predicted molar refractivity (Wildman–Crippen MR) is 69.2 cm³/mol. The van der Waals surface area contributed by atoms with Gasteiger partial charge >= 0.3 is 0 Å². The van der Waals surface area contributed by atoms with Crippen LogP contribution in [0.1, 0.15) is 67.2 Å². The minimum atomic E-state index is 0.538. The molecule has 15 heavy (non-hydrogen) atoms. The van der Waals surface area contributed by atoms with Gasteiger partial charge in [-0.1, -0.05) is 53.4 Å². The number of nitrogens with zero attached hydrogens (tertiary/aromatic N) is 1. The molecule has 0 aliphatic carbocycles. The minimum Gasteiger partial charge on any atom is -0.235 e. The van der Waals surface area contributed by atoms with E-state index in [1.54, 1.807) is 0 Å². The molecule has 1 radical (unpaired) electrons. The van der Waals surface area contributed by atoms with Crippen LogP contribution in [0.4, 0.5) is 0 Å². The number of rotatable bonds is 8. The average molecular weight is 212 g/mol. The molecule has 0 aliphatic rings. The van der Waals surface area contributed by atoms with Crippen LogP contribution in [0.15, 0.2) is 0 Å². The van der Waals surface area contributed by atoms with Crippen LogP contribution in [0.5, 0.6) is 0 Å². The van der Waals surface area contributed by atoms with Crippen molar-refractivity contribution in [1.82, 2.24) is 5.32 Å². The predicted octanol–water partition coefficient (Wildman–Crippen LogP) is 4.24. The molecule has 0 aliphatic heterocycles. The quantitative estimate of drug-likeness (QED) is 0.571. The van der Waals surface area contributed by atoms with E-state index < -0.39 is 0 Å². The molecular formula is C14H30N. The summed E-state index contributed by atoms with van der Waals surface area (Å²) >= 11 is 0.